The van der Waals surface area contributed by atoms with Crippen LogP contribution >= 0.6 is 0 Å². The Balaban J connectivity index is 2.19. The first-order valence-electron chi connectivity index (χ1n) is 5.88. The number of rotatable bonds is 6. The van der Waals surface area contributed by atoms with Gasteiger partial charge < -0.3 is 20.6 Å². The van der Waals surface area contributed by atoms with Gasteiger partial charge in [-0.3, -0.25) is 0 Å². The largest absolute Gasteiger partial charge is 0.396 e. The lowest BCUT2D eigenvalue weighted by Gasteiger charge is -2.27. The Bertz CT molecular complexity index is 177. The molecule has 0 spiro atoms. The van der Waals surface area contributed by atoms with E-state index >= 15 is 0 Å². The van der Waals surface area contributed by atoms with Crippen molar-refractivity contribution in [2.45, 2.75) is 31.3 Å². The van der Waals surface area contributed by atoms with Crippen LogP contribution in [0.1, 0.15) is 19.3 Å². The van der Waals surface area contributed by atoms with E-state index in [4.69, 9.17) is 10.8 Å². The van der Waals surface area contributed by atoms with Gasteiger partial charge in [0.2, 0.25) is 0 Å². The van der Waals surface area contributed by atoms with Gasteiger partial charge in [-0.1, -0.05) is 0 Å². The molecule has 0 aromatic rings. The molecule has 1 saturated heterocycles. The molecule has 4 nitrogen and oxygen atoms in total. The van der Waals surface area contributed by atoms with Crippen molar-refractivity contribution in [3.8, 4) is 0 Å². The summed E-state index contributed by atoms with van der Waals surface area (Å²) < 4.78 is 0. The second-order valence-corrected chi connectivity index (χ2v) is 4.77. The zero-order valence-electron chi connectivity index (χ0n) is 10.0. The average Bonchev–Trinajstić information content (AvgIpc) is 2.52. The number of nitrogens with zero attached hydrogens (tertiary/aromatic N) is 2. The molecule has 0 aliphatic carbocycles. The van der Waals surface area contributed by atoms with E-state index < -0.39 is 0 Å². The molecule has 15 heavy (non-hydrogen) atoms. The first-order valence-corrected chi connectivity index (χ1v) is 5.88. The van der Waals surface area contributed by atoms with E-state index in [2.05, 4.69) is 23.9 Å². The van der Waals surface area contributed by atoms with Crippen LogP contribution in [0.15, 0.2) is 0 Å². The van der Waals surface area contributed by atoms with E-state index in [1.54, 1.807) is 0 Å². The molecule has 2 unspecified atom stereocenters. The van der Waals surface area contributed by atoms with E-state index in [0.717, 1.165) is 13.1 Å². The van der Waals surface area contributed by atoms with Gasteiger partial charge in [-0.2, -0.15) is 0 Å². The number of aliphatic hydroxyl groups excluding tert-OH is 1. The summed E-state index contributed by atoms with van der Waals surface area (Å²) >= 11 is 0. The quantitative estimate of drug-likeness (QED) is 0.640. The van der Waals surface area contributed by atoms with Gasteiger partial charge in [-0.05, 0) is 39.9 Å². The number of aliphatic hydroxyl groups is 1. The summed E-state index contributed by atoms with van der Waals surface area (Å²) in [5.74, 6) is 0. The molecule has 1 rings (SSSR count). The van der Waals surface area contributed by atoms with Gasteiger partial charge in [0, 0.05) is 31.8 Å². The highest BCUT2D eigenvalue weighted by Crippen LogP contribution is 2.15. The smallest absolute Gasteiger partial charge is 0.0446 e. The van der Waals surface area contributed by atoms with E-state index in [1.165, 1.54) is 19.4 Å². The maximum atomic E-state index is 8.77. The molecule has 1 aliphatic rings. The topological polar surface area (TPSA) is 52.7 Å². The summed E-state index contributed by atoms with van der Waals surface area (Å²) in [7, 11) is 4.31. The number of likely N-dealkylation sites (tertiary alicyclic amines) is 1. The van der Waals surface area contributed by atoms with Gasteiger partial charge in [0.05, 0.1) is 0 Å². The Morgan fingerprint density at radius 2 is 2.33 bits per heavy atom. The summed E-state index contributed by atoms with van der Waals surface area (Å²) in [4.78, 5) is 4.71. The van der Waals surface area contributed by atoms with Crippen molar-refractivity contribution >= 4 is 0 Å². The lowest BCUT2D eigenvalue weighted by Crippen LogP contribution is -2.42. The maximum absolute atomic E-state index is 8.77. The van der Waals surface area contributed by atoms with Gasteiger partial charge in [-0.15, -0.1) is 0 Å². The highest BCUT2D eigenvalue weighted by atomic mass is 16.3. The fourth-order valence-corrected chi connectivity index (χ4v) is 2.30. The predicted octanol–water partition coefficient (Wildman–Crippen LogP) is -0.278. The summed E-state index contributed by atoms with van der Waals surface area (Å²) in [5.41, 5.74) is 5.88. The van der Waals surface area contributed by atoms with Crippen LogP contribution in [0.4, 0.5) is 0 Å². The first kappa shape index (κ1) is 12.9. The summed E-state index contributed by atoms with van der Waals surface area (Å²) in [6.45, 7) is 3.39. The monoisotopic (exact) mass is 215 g/mol. The fourth-order valence-electron chi connectivity index (χ4n) is 2.30. The Morgan fingerprint density at radius 1 is 1.60 bits per heavy atom. The molecular weight excluding hydrogens is 190 g/mol. The SMILES string of the molecule is CN(CC(N)CCO)CC1CCCN1C. The van der Waals surface area contributed by atoms with E-state index in [9.17, 15) is 0 Å². The van der Waals surface area contributed by atoms with Crippen LogP contribution in [0.3, 0.4) is 0 Å². The molecule has 4 heteroatoms. The minimum absolute atomic E-state index is 0.103. The van der Waals surface area contributed by atoms with Crippen molar-refractivity contribution in [3.05, 3.63) is 0 Å². The van der Waals surface area contributed by atoms with Crippen molar-refractivity contribution in [1.82, 2.24) is 9.80 Å². The minimum Gasteiger partial charge on any atom is -0.396 e. The Hall–Kier alpha value is -0.160. The zero-order valence-corrected chi connectivity index (χ0v) is 10.0. The van der Waals surface area contributed by atoms with Crippen LogP contribution in [-0.2, 0) is 0 Å². The molecule has 0 radical (unpaired) electrons. The molecule has 0 aromatic heterocycles. The molecule has 1 fully saturated rings. The predicted molar refractivity (Wildman–Crippen MR) is 62.8 cm³/mol. The van der Waals surface area contributed by atoms with E-state index in [0.29, 0.717) is 12.5 Å². The normalized spacial score (nSPS) is 25.0. The van der Waals surface area contributed by atoms with Crippen molar-refractivity contribution in [1.29, 1.82) is 0 Å². The van der Waals surface area contributed by atoms with Crippen LogP contribution in [0, 0.1) is 0 Å². The lowest BCUT2D eigenvalue weighted by molar-refractivity contribution is 0.201. The molecule has 1 aliphatic heterocycles. The Morgan fingerprint density at radius 3 is 2.87 bits per heavy atom. The Labute approximate surface area is 93.0 Å². The van der Waals surface area contributed by atoms with Crippen LogP contribution in [0.5, 0.6) is 0 Å². The standard InChI is InChI=1S/C11H25N3O/c1-13(8-10(12)5-7-15)9-11-4-3-6-14(11)2/h10-11,15H,3-9,12H2,1-2H3. The molecule has 0 saturated carbocycles. The van der Waals surface area contributed by atoms with Gasteiger partial charge >= 0.3 is 0 Å². The lowest BCUT2D eigenvalue weighted by atomic mass is 10.2. The van der Waals surface area contributed by atoms with Crippen LogP contribution < -0.4 is 5.73 Å². The van der Waals surface area contributed by atoms with Crippen LogP contribution in [0.2, 0.25) is 0 Å². The Kier molecular flexibility index (Phi) is 5.53. The molecule has 3 N–H and O–H groups in total. The molecule has 0 aromatic carbocycles. The minimum atomic E-state index is 0.103. The summed E-state index contributed by atoms with van der Waals surface area (Å²) in [6, 6.07) is 0.794. The fraction of sp³-hybridized carbons (Fsp3) is 1.00. The second kappa shape index (κ2) is 6.43. The third kappa shape index (κ3) is 4.47. The average molecular weight is 215 g/mol. The molecule has 0 amide bonds. The first-order chi connectivity index (χ1) is 7.13. The van der Waals surface area contributed by atoms with Gasteiger partial charge in [0.1, 0.15) is 0 Å². The molecular formula is C11H25N3O. The molecule has 0 bridgehead atoms. The number of nitrogens with two attached hydrogens (primary N) is 1. The highest BCUT2D eigenvalue weighted by molar-refractivity contribution is 4.79. The van der Waals surface area contributed by atoms with E-state index in [1.807, 2.05) is 0 Å². The van der Waals surface area contributed by atoms with Crippen molar-refractivity contribution in [2.24, 2.45) is 5.73 Å². The third-order valence-electron chi connectivity index (χ3n) is 3.24. The van der Waals surface area contributed by atoms with Crippen molar-refractivity contribution < 1.29 is 5.11 Å². The van der Waals surface area contributed by atoms with Crippen LogP contribution in [0.25, 0.3) is 0 Å². The van der Waals surface area contributed by atoms with E-state index in [-0.39, 0.29) is 12.6 Å². The van der Waals surface area contributed by atoms with Gasteiger partial charge in [0.25, 0.3) is 0 Å². The molecule has 2 atom stereocenters. The van der Waals surface area contributed by atoms with Crippen molar-refractivity contribution in [3.63, 3.8) is 0 Å². The molecule has 90 valence electrons. The summed E-state index contributed by atoms with van der Waals surface area (Å²) in [5, 5.41) is 8.77. The second-order valence-electron chi connectivity index (χ2n) is 4.77. The van der Waals surface area contributed by atoms with Crippen molar-refractivity contribution in [2.75, 3.05) is 40.3 Å². The van der Waals surface area contributed by atoms with Gasteiger partial charge in [0.15, 0.2) is 0 Å². The highest BCUT2D eigenvalue weighted by Gasteiger charge is 2.22. The maximum Gasteiger partial charge on any atom is 0.0446 e. The number of likely N-dealkylation sites (N-methyl/N-ethyl adjacent to an activating group) is 2. The molecule has 1 heterocycles. The zero-order chi connectivity index (χ0) is 11.3. The number of hydrogen-bond acceptors (Lipinski definition) is 4. The van der Waals surface area contributed by atoms with Gasteiger partial charge in [-0.25, -0.2) is 0 Å². The third-order valence-corrected chi connectivity index (χ3v) is 3.24. The summed E-state index contributed by atoms with van der Waals surface area (Å²) in [6.07, 6.45) is 3.32. The number of hydrogen-bond donors (Lipinski definition) is 2. The van der Waals surface area contributed by atoms with Crippen LogP contribution in [-0.4, -0.2) is 67.3 Å².